The summed E-state index contributed by atoms with van der Waals surface area (Å²) in [6.45, 7) is 28.1. The monoisotopic (exact) mass is 1100 g/mol. The zero-order chi connectivity index (χ0) is 57.9. The Hall–Kier alpha value is -7.51. The minimum absolute atomic E-state index is 0.109. The molecule has 18 nitrogen and oxygen atoms in total. The standard InChI is InChI=1S/C20H23N5O.C15H22N2O.C11H14O2.C9H18N2O2.C5H2ClN3/c1-15(2)17-5-3-16(4-6-17)13-20(26)25-11-9-24(10-12-25)19-8-7-18(14-21)22-23-19;1-12(2)14-5-3-13(4-6-14)11-15(18)17-9-7-16-8-10-17;1-8(2)10-5-3-9(4-6-10)7-11(12)13;1-9(2,3)13-8(12)11-6-4-10-5-7-11;6-5-2-1-4(3-7)8-9-5/h3-8,15H,9-13H2,1-2H3;3-6,12,16H,7-11H2,1-2H3;3-6,8H,7H2,1-2H3,(H,12,13);10H,4-7H2,1-3H3;1-2H. The zero-order valence-electron chi connectivity index (χ0n) is 47.4. The van der Waals surface area contributed by atoms with Gasteiger partial charge in [0.2, 0.25) is 11.8 Å². The zero-order valence-corrected chi connectivity index (χ0v) is 48.2. The van der Waals surface area contributed by atoms with Crippen LogP contribution in [-0.4, -0.2) is 148 Å². The Morgan fingerprint density at radius 2 is 0.924 bits per heavy atom. The normalized spacial score (nSPS) is 14.1. The molecule has 0 aliphatic carbocycles. The van der Waals surface area contributed by atoms with Crippen LogP contribution in [0.2, 0.25) is 5.15 Å². The van der Waals surface area contributed by atoms with Crippen molar-refractivity contribution in [2.45, 2.75) is 105 Å². The highest BCUT2D eigenvalue weighted by Gasteiger charge is 2.24. The number of carbonyl (C=O) groups is 4. The van der Waals surface area contributed by atoms with Gasteiger partial charge in [-0.1, -0.05) is 126 Å². The van der Waals surface area contributed by atoms with Gasteiger partial charge in [0.15, 0.2) is 22.4 Å². The van der Waals surface area contributed by atoms with E-state index in [1.54, 1.807) is 17.0 Å². The van der Waals surface area contributed by atoms with E-state index in [2.05, 4.69) is 126 Å². The molecule has 79 heavy (non-hydrogen) atoms. The summed E-state index contributed by atoms with van der Waals surface area (Å²) in [5.41, 5.74) is 7.09. The van der Waals surface area contributed by atoms with E-state index < -0.39 is 5.97 Å². The van der Waals surface area contributed by atoms with Crippen molar-refractivity contribution in [3.63, 3.8) is 0 Å². The number of nitriles is 2. The Labute approximate surface area is 472 Å². The molecule has 3 aliphatic heterocycles. The fraction of sp³-hybridized carbons (Fsp3) is 0.467. The Morgan fingerprint density at radius 3 is 1.27 bits per heavy atom. The van der Waals surface area contributed by atoms with Crippen LogP contribution in [0.25, 0.3) is 0 Å². The lowest BCUT2D eigenvalue weighted by Gasteiger charge is -2.35. The maximum absolute atomic E-state index is 12.6. The van der Waals surface area contributed by atoms with Crippen LogP contribution in [0, 0.1) is 22.7 Å². The molecule has 19 heteroatoms. The summed E-state index contributed by atoms with van der Waals surface area (Å²) in [4.78, 5) is 54.2. The first-order chi connectivity index (χ1) is 37.6. The van der Waals surface area contributed by atoms with E-state index in [-0.39, 0.29) is 35.6 Å². The van der Waals surface area contributed by atoms with Gasteiger partial charge in [0.25, 0.3) is 0 Å². The highest BCUT2D eigenvalue weighted by molar-refractivity contribution is 6.29. The number of anilines is 1. The smallest absolute Gasteiger partial charge is 0.410 e. The molecule has 3 aromatic carbocycles. The fourth-order valence-electron chi connectivity index (χ4n) is 8.01. The third-order valence-electron chi connectivity index (χ3n) is 12.7. The Kier molecular flexibility index (Phi) is 26.8. The third kappa shape index (κ3) is 24.0. The molecule has 5 heterocycles. The van der Waals surface area contributed by atoms with Crippen molar-refractivity contribution in [3.8, 4) is 12.1 Å². The van der Waals surface area contributed by atoms with Crippen LogP contribution in [0.4, 0.5) is 10.6 Å². The number of carboxylic acid groups (broad SMARTS) is 1. The van der Waals surface area contributed by atoms with E-state index in [1.165, 1.54) is 28.8 Å². The molecule has 2 aromatic heterocycles. The van der Waals surface area contributed by atoms with Gasteiger partial charge in [-0.3, -0.25) is 14.4 Å². The van der Waals surface area contributed by atoms with Crippen molar-refractivity contribution < 1.29 is 29.0 Å². The van der Waals surface area contributed by atoms with E-state index in [4.69, 9.17) is 32.0 Å². The second-order valence-electron chi connectivity index (χ2n) is 21.1. The molecule has 3 fully saturated rings. The molecule has 5 aromatic rings. The number of halogens is 1. The number of aliphatic carboxylic acids is 1. The van der Waals surface area contributed by atoms with Gasteiger partial charge in [0, 0.05) is 78.5 Å². The van der Waals surface area contributed by atoms with Crippen molar-refractivity contribution >= 4 is 41.3 Å². The largest absolute Gasteiger partial charge is 0.481 e. The topological polar surface area (TPSA) is 234 Å². The lowest BCUT2D eigenvalue weighted by atomic mass is 10.0. The molecule has 8 rings (SSSR count). The highest BCUT2D eigenvalue weighted by Crippen LogP contribution is 2.19. The summed E-state index contributed by atoms with van der Waals surface area (Å²) < 4.78 is 5.24. The molecular weight excluding hydrogens is 1020 g/mol. The van der Waals surface area contributed by atoms with E-state index >= 15 is 0 Å². The van der Waals surface area contributed by atoms with Crippen LogP contribution in [0.3, 0.4) is 0 Å². The SMILES string of the molecule is CC(C)(C)OC(=O)N1CCNCC1.CC(C)c1ccc(CC(=O)N2CCN(c3ccc(C#N)nn3)CC2)cc1.CC(C)c1ccc(CC(=O)N2CCNCC2)cc1.CC(C)c1ccc(CC(=O)O)cc1.N#Cc1ccc(Cl)nn1. The number of rotatable bonds is 10. The quantitative estimate of drug-likeness (QED) is 0.119. The van der Waals surface area contributed by atoms with Gasteiger partial charge in [-0.2, -0.15) is 10.5 Å². The summed E-state index contributed by atoms with van der Waals surface area (Å²) in [5, 5.41) is 47.2. The van der Waals surface area contributed by atoms with Crippen molar-refractivity contribution in [3.05, 3.63) is 147 Å². The van der Waals surface area contributed by atoms with Crippen LogP contribution >= 0.6 is 11.6 Å². The number of hydrogen-bond acceptors (Lipinski definition) is 14. The van der Waals surface area contributed by atoms with Gasteiger partial charge in [-0.15, -0.1) is 20.4 Å². The number of carboxylic acids is 1. The van der Waals surface area contributed by atoms with Crippen molar-refractivity contribution in [1.82, 2.24) is 45.7 Å². The summed E-state index contributed by atoms with van der Waals surface area (Å²) in [6, 6.07) is 34.8. The van der Waals surface area contributed by atoms with Crippen molar-refractivity contribution in [1.29, 1.82) is 10.5 Å². The van der Waals surface area contributed by atoms with Gasteiger partial charge < -0.3 is 40.1 Å². The molecule has 0 saturated carbocycles. The number of nitrogens with zero attached hydrogens (tertiary/aromatic N) is 10. The number of carbonyl (C=O) groups excluding carboxylic acids is 3. The highest BCUT2D eigenvalue weighted by atomic mass is 35.5. The van der Waals surface area contributed by atoms with Gasteiger partial charge in [-0.05, 0) is 96.2 Å². The molecule has 3 saturated heterocycles. The number of amides is 3. The third-order valence-corrected chi connectivity index (χ3v) is 12.9. The molecule has 0 radical (unpaired) electrons. The predicted octanol–water partition coefficient (Wildman–Crippen LogP) is 8.41. The number of hydrogen-bond donors (Lipinski definition) is 3. The average molecular weight is 1100 g/mol. The Balaban J connectivity index is 0.000000223. The second-order valence-corrected chi connectivity index (χ2v) is 21.5. The minimum Gasteiger partial charge on any atom is -0.481 e. The Morgan fingerprint density at radius 1 is 0.544 bits per heavy atom. The van der Waals surface area contributed by atoms with Crippen LogP contribution in [-0.2, 0) is 38.4 Å². The molecule has 0 bridgehead atoms. The fourth-order valence-corrected chi connectivity index (χ4v) is 8.11. The summed E-state index contributed by atoms with van der Waals surface area (Å²) in [5.74, 6) is 1.92. The molecular formula is C60H79ClN12O6. The summed E-state index contributed by atoms with van der Waals surface area (Å²) in [6.07, 6.45) is 0.875. The minimum atomic E-state index is -0.780. The molecule has 3 aliphatic rings. The van der Waals surface area contributed by atoms with Crippen LogP contribution in [0.5, 0.6) is 0 Å². The Bertz CT molecular complexity index is 2720. The van der Waals surface area contributed by atoms with Crippen LogP contribution in [0.15, 0.2) is 97.1 Å². The average Bonchev–Trinajstić information content (AvgIpc) is 3.44. The van der Waals surface area contributed by atoms with Gasteiger partial charge in [-0.25, -0.2) is 4.79 Å². The van der Waals surface area contributed by atoms with Crippen LogP contribution < -0.4 is 15.5 Å². The molecule has 0 atom stereocenters. The van der Waals surface area contributed by atoms with E-state index in [0.717, 1.165) is 88.0 Å². The van der Waals surface area contributed by atoms with E-state index in [9.17, 15) is 19.2 Å². The number of ether oxygens (including phenoxy) is 1. The number of nitrogens with one attached hydrogen (secondary N) is 2. The van der Waals surface area contributed by atoms with Gasteiger partial charge >= 0.3 is 12.1 Å². The maximum atomic E-state index is 12.6. The predicted molar refractivity (Wildman–Crippen MR) is 308 cm³/mol. The molecule has 0 spiro atoms. The first-order valence-electron chi connectivity index (χ1n) is 27.0. The number of aromatic nitrogens is 4. The summed E-state index contributed by atoms with van der Waals surface area (Å²) in [7, 11) is 0. The van der Waals surface area contributed by atoms with Crippen LogP contribution in [0.1, 0.15) is 125 Å². The first-order valence-corrected chi connectivity index (χ1v) is 27.3. The van der Waals surface area contributed by atoms with Crippen molar-refractivity contribution in [2.24, 2.45) is 0 Å². The van der Waals surface area contributed by atoms with E-state index in [0.29, 0.717) is 54.5 Å². The second kappa shape index (κ2) is 33.0. The molecule has 3 amide bonds. The van der Waals surface area contributed by atoms with Gasteiger partial charge in [0.05, 0.1) is 19.3 Å². The van der Waals surface area contributed by atoms with E-state index in [1.807, 2.05) is 67.0 Å². The van der Waals surface area contributed by atoms with Gasteiger partial charge in [0.1, 0.15) is 17.7 Å². The molecule has 3 N–H and O–H groups in total. The summed E-state index contributed by atoms with van der Waals surface area (Å²) >= 11 is 5.39. The lowest BCUT2D eigenvalue weighted by molar-refractivity contribution is -0.136. The lowest BCUT2D eigenvalue weighted by Crippen LogP contribution is -2.49. The molecule has 422 valence electrons. The first kappa shape index (κ1) is 64.0. The number of benzene rings is 3. The van der Waals surface area contributed by atoms with Crippen molar-refractivity contribution in [2.75, 3.05) is 83.4 Å². The maximum Gasteiger partial charge on any atom is 0.410 e. The number of piperazine rings is 3. The molecule has 0 unspecified atom stereocenters.